The smallest absolute Gasteiger partial charge is 0.335 e. The van der Waals surface area contributed by atoms with E-state index in [1.54, 1.807) is 0 Å². The zero-order valence-electron chi connectivity index (χ0n) is 16.7. The Bertz CT molecular complexity index is 1010. The molecule has 0 aromatic heterocycles. The average molecular weight is 398 g/mol. The van der Waals surface area contributed by atoms with Gasteiger partial charge in [0.05, 0.1) is 18.6 Å². The summed E-state index contributed by atoms with van der Waals surface area (Å²) in [5, 5.41) is 0. The van der Waals surface area contributed by atoms with Gasteiger partial charge < -0.3 is 9.47 Å². The van der Waals surface area contributed by atoms with E-state index < -0.39 is 24.0 Å². The number of esters is 2. The van der Waals surface area contributed by atoms with E-state index in [1.165, 1.54) is 7.11 Å². The molecule has 0 N–H and O–H groups in total. The van der Waals surface area contributed by atoms with E-state index >= 15 is 0 Å². The summed E-state index contributed by atoms with van der Waals surface area (Å²) in [6, 6.07) is 28.8. The molecular weight excluding hydrogens is 376 g/mol. The first kappa shape index (κ1) is 19.6. The molecule has 3 aromatic rings. The van der Waals surface area contributed by atoms with Crippen LogP contribution in [0.4, 0.5) is 0 Å². The van der Waals surface area contributed by atoms with E-state index in [-0.39, 0.29) is 0 Å². The molecule has 4 rings (SSSR count). The number of benzene rings is 3. The second kappa shape index (κ2) is 8.78. The van der Waals surface area contributed by atoms with E-state index in [2.05, 4.69) is 0 Å². The Kier molecular flexibility index (Phi) is 5.75. The number of hydrogen-bond acceptors (Lipinski definition) is 4. The maximum atomic E-state index is 13.0. The van der Waals surface area contributed by atoms with Gasteiger partial charge in [-0.25, -0.2) is 4.79 Å². The number of carbonyl (C=O) groups is 2. The molecule has 2 unspecified atom stereocenters. The van der Waals surface area contributed by atoms with Crippen LogP contribution in [0.15, 0.2) is 96.6 Å². The predicted octanol–water partition coefficient (Wildman–Crippen LogP) is 4.97. The van der Waals surface area contributed by atoms with Crippen LogP contribution in [0.2, 0.25) is 0 Å². The van der Waals surface area contributed by atoms with Crippen molar-refractivity contribution in [3.8, 4) is 0 Å². The summed E-state index contributed by atoms with van der Waals surface area (Å²) in [4.78, 5) is 25.9. The molecule has 0 radical (unpaired) electrons. The molecule has 1 saturated heterocycles. The van der Waals surface area contributed by atoms with Gasteiger partial charge in [-0.2, -0.15) is 0 Å². The minimum absolute atomic E-state index is 0.332. The van der Waals surface area contributed by atoms with Crippen molar-refractivity contribution in [3.63, 3.8) is 0 Å². The Balaban J connectivity index is 1.87. The summed E-state index contributed by atoms with van der Waals surface area (Å²) in [5.74, 6) is -1.64. The van der Waals surface area contributed by atoms with Crippen molar-refractivity contribution < 1.29 is 19.1 Å². The Hall–Kier alpha value is -3.66. The second-order valence-corrected chi connectivity index (χ2v) is 7.14. The van der Waals surface area contributed by atoms with Crippen LogP contribution in [-0.4, -0.2) is 19.0 Å². The van der Waals surface area contributed by atoms with Crippen LogP contribution in [0.1, 0.15) is 29.2 Å². The summed E-state index contributed by atoms with van der Waals surface area (Å²) < 4.78 is 10.8. The molecule has 4 nitrogen and oxygen atoms in total. The van der Waals surface area contributed by atoms with Crippen LogP contribution in [0.3, 0.4) is 0 Å². The normalized spacial score (nSPS) is 17.8. The van der Waals surface area contributed by atoms with Crippen LogP contribution in [0.25, 0.3) is 5.57 Å². The summed E-state index contributed by atoms with van der Waals surface area (Å²) in [5.41, 5.74) is 3.63. The van der Waals surface area contributed by atoms with Gasteiger partial charge in [-0.1, -0.05) is 91.0 Å². The Morgan fingerprint density at radius 3 is 1.83 bits per heavy atom. The standard InChI is InChI=1S/C26H22O4/c1-29-26(28)24(21-17-22(30-25(21)27)18-11-5-2-6-12-18)23(19-13-7-3-8-14-19)20-15-9-4-10-16-20/h2-16,21-22H,17H2,1H3. The van der Waals surface area contributed by atoms with Crippen molar-refractivity contribution in [1.82, 2.24) is 0 Å². The number of cyclic esters (lactones) is 1. The number of hydrogen-bond donors (Lipinski definition) is 0. The third-order valence-electron chi connectivity index (χ3n) is 5.31. The molecule has 1 aliphatic heterocycles. The van der Waals surface area contributed by atoms with E-state index in [1.807, 2.05) is 91.0 Å². The van der Waals surface area contributed by atoms with Crippen molar-refractivity contribution in [2.24, 2.45) is 5.92 Å². The van der Waals surface area contributed by atoms with E-state index in [0.29, 0.717) is 17.6 Å². The van der Waals surface area contributed by atoms with E-state index in [4.69, 9.17) is 9.47 Å². The molecule has 0 saturated carbocycles. The quantitative estimate of drug-likeness (QED) is 0.450. The highest BCUT2D eigenvalue weighted by molar-refractivity contribution is 6.06. The highest BCUT2D eigenvalue weighted by atomic mass is 16.6. The van der Waals surface area contributed by atoms with Gasteiger partial charge in [0, 0.05) is 12.0 Å². The highest BCUT2D eigenvalue weighted by Gasteiger charge is 2.42. The van der Waals surface area contributed by atoms with Gasteiger partial charge in [0.25, 0.3) is 0 Å². The highest BCUT2D eigenvalue weighted by Crippen LogP contribution is 2.41. The van der Waals surface area contributed by atoms with Crippen LogP contribution in [0, 0.1) is 5.92 Å². The van der Waals surface area contributed by atoms with Crippen LogP contribution in [-0.2, 0) is 19.1 Å². The number of rotatable bonds is 5. The molecule has 1 heterocycles. The molecular formula is C26H22O4. The van der Waals surface area contributed by atoms with Crippen molar-refractivity contribution in [2.45, 2.75) is 12.5 Å². The molecule has 0 amide bonds. The SMILES string of the molecule is COC(=O)C(=C(c1ccccc1)c1ccccc1)C1CC(c2ccccc2)OC1=O. The summed E-state index contributed by atoms with van der Waals surface area (Å²) in [7, 11) is 1.34. The average Bonchev–Trinajstić information content (AvgIpc) is 3.19. The Labute approximate surface area is 175 Å². The first-order valence-electron chi connectivity index (χ1n) is 9.88. The fraction of sp³-hybridized carbons (Fsp3) is 0.154. The number of carbonyl (C=O) groups excluding carboxylic acids is 2. The lowest BCUT2D eigenvalue weighted by Crippen LogP contribution is -2.21. The van der Waals surface area contributed by atoms with E-state index in [9.17, 15) is 9.59 Å². The predicted molar refractivity (Wildman–Crippen MR) is 114 cm³/mol. The maximum Gasteiger partial charge on any atom is 0.335 e. The van der Waals surface area contributed by atoms with Gasteiger partial charge in [-0.15, -0.1) is 0 Å². The zero-order chi connectivity index (χ0) is 20.9. The molecule has 4 heteroatoms. The molecule has 0 bridgehead atoms. The molecule has 30 heavy (non-hydrogen) atoms. The van der Waals surface area contributed by atoms with Crippen molar-refractivity contribution in [2.75, 3.05) is 7.11 Å². The first-order valence-corrected chi connectivity index (χ1v) is 9.88. The molecule has 150 valence electrons. The monoisotopic (exact) mass is 398 g/mol. The van der Waals surface area contributed by atoms with Crippen LogP contribution in [0.5, 0.6) is 0 Å². The second-order valence-electron chi connectivity index (χ2n) is 7.14. The lowest BCUT2D eigenvalue weighted by molar-refractivity contribution is -0.146. The Morgan fingerprint density at radius 2 is 1.33 bits per heavy atom. The third-order valence-corrected chi connectivity index (χ3v) is 5.31. The molecule has 1 aliphatic rings. The minimum Gasteiger partial charge on any atom is -0.466 e. The van der Waals surface area contributed by atoms with Crippen molar-refractivity contribution in [1.29, 1.82) is 0 Å². The van der Waals surface area contributed by atoms with Crippen LogP contribution >= 0.6 is 0 Å². The number of methoxy groups -OCH3 is 1. The van der Waals surface area contributed by atoms with Crippen LogP contribution < -0.4 is 0 Å². The largest absolute Gasteiger partial charge is 0.466 e. The number of ether oxygens (including phenoxy) is 2. The van der Waals surface area contributed by atoms with Gasteiger partial charge in [-0.3, -0.25) is 4.79 Å². The molecule has 0 spiro atoms. The van der Waals surface area contributed by atoms with Gasteiger partial charge in [-0.05, 0) is 16.7 Å². The van der Waals surface area contributed by atoms with Gasteiger partial charge >= 0.3 is 11.9 Å². The van der Waals surface area contributed by atoms with Gasteiger partial charge in [0.15, 0.2) is 0 Å². The summed E-state index contributed by atoms with van der Waals surface area (Å²) in [6.07, 6.45) is -0.00709. The minimum atomic E-state index is -0.710. The summed E-state index contributed by atoms with van der Waals surface area (Å²) >= 11 is 0. The molecule has 0 aliphatic carbocycles. The van der Waals surface area contributed by atoms with Gasteiger partial charge in [0.1, 0.15) is 6.10 Å². The Morgan fingerprint density at radius 1 is 0.833 bits per heavy atom. The lowest BCUT2D eigenvalue weighted by Gasteiger charge is -2.18. The third kappa shape index (κ3) is 3.90. The lowest BCUT2D eigenvalue weighted by atomic mass is 9.84. The fourth-order valence-corrected chi connectivity index (χ4v) is 3.90. The maximum absolute atomic E-state index is 13.0. The fourth-order valence-electron chi connectivity index (χ4n) is 3.90. The molecule has 3 aromatic carbocycles. The zero-order valence-corrected chi connectivity index (χ0v) is 16.7. The first-order chi connectivity index (χ1) is 14.7. The van der Waals surface area contributed by atoms with E-state index in [0.717, 1.165) is 16.7 Å². The molecule has 2 atom stereocenters. The van der Waals surface area contributed by atoms with Crippen molar-refractivity contribution >= 4 is 17.5 Å². The topological polar surface area (TPSA) is 52.6 Å². The molecule has 1 fully saturated rings. The summed E-state index contributed by atoms with van der Waals surface area (Å²) in [6.45, 7) is 0. The van der Waals surface area contributed by atoms with Gasteiger partial charge in [0.2, 0.25) is 0 Å². The van der Waals surface area contributed by atoms with Crippen molar-refractivity contribution in [3.05, 3.63) is 113 Å².